The van der Waals surface area contributed by atoms with Crippen LogP contribution in [0, 0.1) is 0 Å². The van der Waals surface area contributed by atoms with Gasteiger partial charge < -0.3 is 4.90 Å². The van der Waals surface area contributed by atoms with Crippen LogP contribution in [0.15, 0.2) is 237 Å². The average molecular weight is 804 g/mol. The van der Waals surface area contributed by atoms with Gasteiger partial charge in [0.1, 0.15) is 0 Å². The molecule has 0 N–H and O–H groups in total. The Bertz CT molecular complexity index is 3160. The van der Waals surface area contributed by atoms with E-state index in [0.717, 1.165) is 30.6 Å². The molecule has 0 heterocycles. The summed E-state index contributed by atoms with van der Waals surface area (Å²) in [5.41, 5.74) is 23.5. The third kappa shape index (κ3) is 6.15. The number of rotatable bonds is 8. The molecule has 0 atom stereocenters. The number of allylic oxidation sites excluding steroid dienone is 4. The molecule has 1 heteroatoms. The van der Waals surface area contributed by atoms with Crippen LogP contribution in [0.5, 0.6) is 0 Å². The van der Waals surface area contributed by atoms with Crippen molar-refractivity contribution in [2.24, 2.45) is 0 Å². The van der Waals surface area contributed by atoms with Crippen LogP contribution in [0.1, 0.15) is 51.8 Å². The highest BCUT2D eigenvalue weighted by Crippen LogP contribution is 2.65. The van der Waals surface area contributed by atoms with Crippen LogP contribution < -0.4 is 4.90 Å². The van der Waals surface area contributed by atoms with Gasteiger partial charge in [-0.3, -0.25) is 0 Å². The zero-order valence-corrected chi connectivity index (χ0v) is 35.1. The van der Waals surface area contributed by atoms with Crippen LogP contribution >= 0.6 is 0 Å². The van der Waals surface area contributed by atoms with E-state index in [0.29, 0.717) is 0 Å². The Morgan fingerprint density at radius 2 is 0.889 bits per heavy atom. The topological polar surface area (TPSA) is 3.24 Å². The van der Waals surface area contributed by atoms with E-state index in [-0.39, 0.29) is 0 Å². The maximum absolute atomic E-state index is 2.53. The minimum Gasteiger partial charge on any atom is -0.310 e. The average Bonchev–Trinajstić information content (AvgIpc) is 3.83. The first-order valence-corrected chi connectivity index (χ1v) is 22.3. The van der Waals surface area contributed by atoms with Gasteiger partial charge in [0.15, 0.2) is 0 Å². The summed E-state index contributed by atoms with van der Waals surface area (Å²) in [5.74, 6) is 0. The van der Waals surface area contributed by atoms with E-state index in [9.17, 15) is 0 Å². The smallest absolute Gasteiger partial charge is 0.0746 e. The maximum atomic E-state index is 2.53. The molecule has 63 heavy (non-hydrogen) atoms. The van der Waals surface area contributed by atoms with E-state index in [4.69, 9.17) is 0 Å². The Labute approximate surface area is 370 Å². The second-order valence-electron chi connectivity index (χ2n) is 17.1. The SMILES string of the molecule is C1=CC(c2ccc(N(c3ccc(-c4ccccc4)cc3)c3cccc4c3C3(c5ccccc5-c5ccccc53)c3cc(Cc5ccc(-c6ccccc6)cc5)ccc3-4)cc2)=CCC1. The van der Waals surface area contributed by atoms with Gasteiger partial charge in [0.25, 0.3) is 0 Å². The van der Waals surface area contributed by atoms with Crippen molar-refractivity contribution in [3.05, 3.63) is 276 Å². The van der Waals surface area contributed by atoms with E-state index >= 15 is 0 Å². The predicted octanol–water partition coefficient (Wildman–Crippen LogP) is 16.2. The van der Waals surface area contributed by atoms with Gasteiger partial charge in [-0.25, -0.2) is 0 Å². The van der Waals surface area contributed by atoms with E-state index in [2.05, 4.69) is 242 Å². The number of benzene rings is 9. The zero-order valence-electron chi connectivity index (χ0n) is 35.1. The van der Waals surface area contributed by atoms with Crippen molar-refractivity contribution in [1.82, 2.24) is 0 Å². The Kier molecular flexibility index (Phi) is 9.01. The lowest BCUT2D eigenvalue weighted by Crippen LogP contribution is -2.28. The van der Waals surface area contributed by atoms with Crippen molar-refractivity contribution in [3.8, 4) is 44.5 Å². The van der Waals surface area contributed by atoms with Crippen LogP contribution in [0.3, 0.4) is 0 Å². The zero-order chi connectivity index (χ0) is 41.7. The summed E-state index contributed by atoms with van der Waals surface area (Å²) < 4.78 is 0. The fourth-order valence-electron chi connectivity index (χ4n) is 10.7. The molecule has 0 aromatic heterocycles. The molecule has 12 rings (SSSR count). The quantitative estimate of drug-likeness (QED) is 0.148. The first-order chi connectivity index (χ1) is 31.2. The van der Waals surface area contributed by atoms with Crippen LogP contribution in [0.4, 0.5) is 17.1 Å². The van der Waals surface area contributed by atoms with Gasteiger partial charge in [-0.2, -0.15) is 0 Å². The van der Waals surface area contributed by atoms with Crippen LogP contribution in [-0.4, -0.2) is 0 Å². The standard InChI is InChI=1S/C62H45N/c1-4-15-45(16-5-1)48-30-27-43(28-31-48)41-44-29-40-55-56-23-14-26-60(61(56)62(59(55)42-44)57-24-12-10-21-53(57)54-22-11-13-25-58(54)62)63(51-36-32-49(33-37-51)46-17-6-2-7-18-46)52-38-34-50(35-39-52)47-19-8-3-9-20-47/h1-2,4-8,10-40,42H,3,9,41H2. The van der Waals surface area contributed by atoms with Crippen LogP contribution in [-0.2, 0) is 11.8 Å². The molecular weight excluding hydrogens is 759 g/mol. The molecule has 0 saturated carbocycles. The van der Waals surface area contributed by atoms with Crippen molar-refractivity contribution in [1.29, 1.82) is 0 Å². The highest BCUT2D eigenvalue weighted by Gasteiger charge is 2.53. The number of anilines is 3. The van der Waals surface area contributed by atoms with Crippen molar-refractivity contribution in [3.63, 3.8) is 0 Å². The highest BCUT2D eigenvalue weighted by atomic mass is 15.1. The predicted molar refractivity (Wildman–Crippen MR) is 264 cm³/mol. The number of hydrogen-bond acceptors (Lipinski definition) is 1. The lowest BCUT2D eigenvalue weighted by atomic mass is 9.69. The molecule has 0 unspecified atom stereocenters. The fraction of sp³-hybridized carbons (Fsp3) is 0.0645. The van der Waals surface area contributed by atoms with E-state index in [1.54, 1.807) is 0 Å². The Morgan fingerprint density at radius 3 is 1.49 bits per heavy atom. The molecule has 298 valence electrons. The second-order valence-corrected chi connectivity index (χ2v) is 17.1. The molecule has 0 saturated heterocycles. The Morgan fingerprint density at radius 1 is 0.381 bits per heavy atom. The summed E-state index contributed by atoms with van der Waals surface area (Å²) >= 11 is 0. The molecule has 1 nitrogen and oxygen atoms in total. The van der Waals surface area contributed by atoms with Gasteiger partial charge in [0.05, 0.1) is 11.1 Å². The monoisotopic (exact) mass is 803 g/mol. The molecule has 0 bridgehead atoms. The molecule has 0 radical (unpaired) electrons. The number of nitrogens with zero attached hydrogens (tertiary/aromatic N) is 1. The van der Waals surface area contributed by atoms with Gasteiger partial charge >= 0.3 is 0 Å². The number of hydrogen-bond donors (Lipinski definition) is 0. The summed E-state index contributed by atoms with van der Waals surface area (Å²) in [6.45, 7) is 0. The first-order valence-electron chi connectivity index (χ1n) is 22.3. The normalized spacial score (nSPS) is 13.8. The third-order valence-electron chi connectivity index (χ3n) is 13.5. The minimum absolute atomic E-state index is 0.540. The summed E-state index contributed by atoms with van der Waals surface area (Å²) in [7, 11) is 0. The van der Waals surface area contributed by atoms with Gasteiger partial charge in [-0.1, -0.05) is 206 Å². The van der Waals surface area contributed by atoms with E-state index < -0.39 is 5.41 Å². The second kappa shape index (κ2) is 15.3. The van der Waals surface area contributed by atoms with E-state index in [1.807, 2.05) is 0 Å². The van der Waals surface area contributed by atoms with Crippen LogP contribution in [0.25, 0.3) is 50.1 Å². The minimum atomic E-state index is -0.540. The molecular formula is C62H45N. The van der Waals surface area contributed by atoms with Crippen molar-refractivity contribution < 1.29 is 0 Å². The number of fused-ring (bicyclic) bond motifs is 10. The van der Waals surface area contributed by atoms with Gasteiger partial charge in [-0.15, -0.1) is 0 Å². The van der Waals surface area contributed by atoms with Crippen LogP contribution in [0.2, 0.25) is 0 Å². The lowest BCUT2D eigenvalue weighted by Gasteiger charge is -2.36. The summed E-state index contributed by atoms with van der Waals surface area (Å²) in [6, 6.07) is 81.4. The summed E-state index contributed by atoms with van der Waals surface area (Å²) in [5, 5.41) is 0. The lowest BCUT2D eigenvalue weighted by molar-refractivity contribution is 0.791. The van der Waals surface area contributed by atoms with Gasteiger partial charge in [-0.05, 0) is 133 Å². The Balaban J connectivity index is 1.05. The van der Waals surface area contributed by atoms with E-state index in [1.165, 1.54) is 94.7 Å². The fourth-order valence-corrected chi connectivity index (χ4v) is 10.7. The molecule has 0 aliphatic heterocycles. The molecule has 1 spiro atoms. The third-order valence-corrected chi connectivity index (χ3v) is 13.5. The van der Waals surface area contributed by atoms with Crippen molar-refractivity contribution in [2.45, 2.75) is 24.7 Å². The largest absolute Gasteiger partial charge is 0.310 e. The maximum Gasteiger partial charge on any atom is 0.0746 e. The van der Waals surface area contributed by atoms with Gasteiger partial charge in [0.2, 0.25) is 0 Å². The van der Waals surface area contributed by atoms with Gasteiger partial charge in [0, 0.05) is 16.9 Å². The van der Waals surface area contributed by atoms with Crippen molar-refractivity contribution >= 4 is 22.6 Å². The molecule has 9 aromatic rings. The summed E-state index contributed by atoms with van der Waals surface area (Å²) in [4.78, 5) is 2.51. The van der Waals surface area contributed by atoms with Crippen molar-refractivity contribution in [2.75, 3.05) is 4.90 Å². The first kappa shape index (κ1) is 37.1. The molecule has 0 amide bonds. The molecule has 3 aliphatic rings. The Hall–Kier alpha value is -7.74. The highest BCUT2D eigenvalue weighted by molar-refractivity contribution is 6.00. The summed E-state index contributed by atoms with van der Waals surface area (Å²) in [6.07, 6.45) is 9.96. The molecule has 0 fully saturated rings. The molecule has 9 aromatic carbocycles. The molecule has 3 aliphatic carbocycles.